The van der Waals surface area contributed by atoms with Gasteiger partial charge in [0.15, 0.2) is 0 Å². The average molecular weight is 301 g/mol. The molecule has 0 radical (unpaired) electrons. The first kappa shape index (κ1) is 14.7. The molecule has 1 aromatic heterocycles. The molecular weight excluding hydrogens is 290 g/mol. The minimum absolute atomic E-state index is 0.147. The molecule has 21 heavy (non-hydrogen) atoms. The molecule has 0 unspecified atom stereocenters. The van der Waals surface area contributed by atoms with Crippen molar-refractivity contribution < 1.29 is 14.7 Å². The number of nitrogens with one attached hydrogen (secondary N) is 1. The third kappa shape index (κ3) is 3.43. The van der Waals surface area contributed by atoms with Crippen LogP contribution in [0.2, 0.25) is 0 Å². The van der Waals surface area contributed by atoms with Crippen molar-refractivity contribution in [2.24, 2.45) is 0 Å². The van der Waals surface area contributed by atoms with Gasteiger partial charge in [0.25, 0.3) is 5.91 Å². The molecule has 2 aromatic rings. The van der Waals surface area contributed by atoms with Crippen LogP contribution in [0, 0.1) is 18.3 Å². The third-order valence-electron chi connectivity index (χ3n) is 2.69. The highest BCUT2D eigenvalue weighted by molar-refractivity contribution is 7.13. The highest BCUT2D eigenvalue weighted by Gasteiger charge is 2.14. The van der Waals surface area contributed by atoms with E-state index in [0.717, 1.165) is 11.3 Å². The van der Waals surface area contributed by atoms with Crippen LogP contribution in [-0.2, 0) is 6.54 Å². The number of hydrogen-bond acceptors (Lipinski definition) is 5. The van der Waals surface area contributed by atoms with Gasteiger partial charge in [-0.25, -0.2) is 9.78 Å². The number of carbonyl (C=O) groups is 2. The topological polar surface area (TPSA) is 103 Å². The maximum atomic E-state index is 12.0. The first-order valence-corrected chi connectivity index (χ1v) is 6.81. The van der Waals surface area contributed by atoms with Crippen LogP contribution in [0.1, 0.15) is 36.3 Å². The Kier molecular flexibility index (Phi) is 4.30. The smallest absolute Gasteiger partial charge is 0.347 e. The quantitative estimate of drug-likeness (QED) is 0.898. The van der Waals surface area contributed by atoms with Gasteiger partial charge in [0, 0.05) is 5.56 Å². The number of aryl methyl sites for hydroxylation is 1. The standard InChI is InChI=1S/C14H11N3O3S/c1-8-12(14(19)20)21-11(17-8)7-16-13(18)10-4-2-3-9(5-10)6-15/h2-5H,7H2,1H3,(H,16,18)(H,19,20). The molecular formula is C14H11N3O3S. The van der Waals surface area contributed by atoms with Gasteiger partial charge in [-0.3, -0.25) is 4.79 Å². The summed E-state index contributed by atoms with van der Waals surface area (Å²) in [6, 6.07) is 8.30. The predicted octanol–water partition coefficient (Wildman–Crippen LogP) is 1.95. The Morgan fingerprint density at radius 1 is 1.48 bits per heavy atom. The molecule has 2 rings (SSSR count). The maximum absolute atomic E-state index is 12.0. The Balaban J connectivity index is 2.06. The number of nitrogens with zero attached hydrogens (tertiary/aromatic N) is 2. The SMILES string of the molecule is Cc1nc(CNC(=O)c2cccc(C#N)c2)sc1C(=O)O. The summed E-state index contributed by atoms with van der Waals surface area (Å²) in [6.45, 7) is 1.76. The number of rotatable bonds is 4. The van der Waals surface area contributed by atoms with Gasteiger partial charge in [-0.2, -0.15) is 5.26 Å². The summed E-state index contributed by atoms with van der Waals surface area (Å²) in [7, 11) is 0. The number of carbonyl (C=O) groups excluding carboxylic acids is 1. The number of carboxylic acids is 1. The van der Waals surface area contributed by atoms with Gasteiger partial charge in [-0.05, 0) is 25.1 Å². The maximum Gasteiger partial charge on any atom is 0.347 e. The molecule has 0 aliphatic carbocycles. The molecule has 0 saturated carbocycles. The number of benzene rings is 1. The summed E-state index contributed by atoms with van der Waals surface area (Å²) in [5.41, 5.74) is 1.21. The summed E-state index contributed by atoms with van der Waals surface area (Å²) in [5.74, 6) is -1.36. The zero-order chi connectivity index (χ0) is 15.4. The first-order valence-electron chi connectivity index (χ1n) is 5.99. The monoisotopic (exact) mass is 301 g/mol. The van der Waals surface area contributed by atoms with Gasteiger partial charge in [0.2, 0.25) is 0 Å². The van der Waals surface area contributed by atoms with Crippen molar-refractivity contribution in [2.45, 2.75) is 13.5 Å². The van der Waals surface area contributed by atoms with Crippen LogP contribution in [0.25, 0.3) is 0 Å². The van der Waals surface area contributed by atoms with Crippen LogP contribution in [0.5, 0.6) is 0 Å². The molecule has 7 heteroatoms. The second-order valence-corrected chi connectivity index (χ2v) is 5.29. The lowest BCUT2D eigenvalue weighted by atomic mass is 10.1. The van der Waals surface area contributed by atoms with E-state index in [9.17, 15) is 9.59 Å². The minimum Gasteiger partial charge on any atom is -0.477 e. The Bertz CT molecular complexity index is 746. The summed E-state index contributed by atoms with van der Waals surface area (Å²) >= 11 is 1.03. The number of aromatic carboxylic acids is 1. The van der Waals surface area contributed by atoms with Gasteiger partial charge in [0.1, 0.15) is 9.88 Å². The van der Waals surface area contributed by atoms with Crippen molar-refractivity contribution in [3.8, 4) is 6.07 Å². The van der Waals surface area contributed by atoms with Crippen molar-refractivity contribution >= 4 is 23.2 Å². The molecule has 1 heterocycles. The zero-order valence-electron chi connectivity index (χ0n) is 11.1. The number of nitriles is 1. The molecule has 0 aliphatic rings. The van der Waals surface area contributed by atoms with E-state index in [1.807, 2.05) is 6.07 Å². The molecule has 0 spiro atoms. The summed E-state index contributed by atoms with van der Waals surface area (Å²) in [6.07, 6.45) is 0. The van der Waals surface area contributed by atoms with Crippen molar-refractivity contribution in [2.75, 3.05) is 0 Å². The fraction of sp³-hybridized carbons (Fsp3) is 0.143. The molecule has 6 nitrogen and oxygen atoms in total. The van der Waals surface area contributed by atoms with Gasteiger partial charge < -0.3 is 10.4 Å². The number of thiazole rings is 1. The van der Waals surface area contributed by atoms with E-state index in [2.05, 4.69) is 10.3 Å². The molecule has 0 atom stereocenters. The molecule has 2 N–H and O–H groups in total. The number of hydrogen-bond donors (Lipinski definition) is 2. The van der Waals surface area contributed by atoms with E-state index in [4.69, 9.17) is 10.4 Å². The number of amides is 1. The molecule has 1 amide bonds. The largest absolute Gasteiger partial charge is 0.477 e. The molecule has 0 fully saturated rings. The van der Waals surface area contributed by atoms with E-state index < -0.39 is 5.97 Å². The van der Waals surface area contributed by atoms with E-state index >= 15 is 0 Å². The van der Waals surface area contributed by atoms with Crippen LogP contribution in [0.4, 0.5) is 0 Å². The molecule has 106 valence electrons. The predicted molar refractivity (Wildman–Crippen MR) is 76.1 cm³/mol. The molecule has 1 aromatic carbocycles. The van der Waals surface area contributed by atoms with Crippen LogP contribution in [-0.4, -0.2) is 22.0 Å². The number of carboxylic acid groups (broad SMARTS) is 1. The van der Waals surface area contributed by atoms with Crippen LogP contribution >= 0.6 is 11.3 Å². The van der Waals surface area contributed by atoms with Gasteiger partial charge in [-0.15, -0.1) is 11.3 Å². The number of aromatic nitrogens is 1. The van der Waals surface area contributed by atoms with Crippen molar-refractivity contribution in [1.29, 1.82) is 5.26 Å². The molecule has 0 saturated heterocycles. The van der Waals surface area contributed by atoms with Gasteiger partial charge >= 0.3 is 5.97 Å². The van der Waals surface area contributed by atoms with Crippen LogP contribution in [0.15, 0.2) is 24.3 Å². The van der Waals surface area contributed by atoms with Crippen LogP contribution < -0.4 is 5.32 Å². The van der Waals surface area contributed by atoms with Crippen molar-refractivity contribution in [3.63, 3.8) is 0 Å². The highest BCUT2D eigenvalue weighted by Crippen LogP contribution is 2.17. The van der Waals surface area contributed by atoms with Gasteiger partial charge in [0.05, 0.1) is 23.9 Å². The molecule has 0 aliphatic heterocycles. The van der Waals surface area contributed by atoms with E-state index in [0.29, 0.717) is 21.8 Å². The normalized spacial score (nSPS) is 9.90. The van der Waals surface area contributed by atoms with E-state index in [-0.39, 0.29) is 17.3 Å². The first-order chi connectivity index (χ1) is 10.0. The fourth-order valence-electron chi connectivity index (χ4n) is 1.71. The van der Waals surface area contributed by atoms with E-state index in [1.54, 1.807) is 25.1 Å². The second kappa shape index (κ2) is 6.15. The summed E-state index contributed by atoms with van der Waals surface area (Å²) in [5, 5.41) is 20.9. The third-order valence-corrected chi connectivity index (χ3v) is 3.83. The Labute approximate surface area is 124 Å². The van der Waals surface area contributed by atoms with E-state index in [1.165, 1.54) is 6.07 Å². The Morgan fingerprint density at radius 2 is 2.24 bits per heavy atom. The van der Waals surface area contributed by atoms with Crippen molar-refractivity contribution in [3.05, 3.63) is 51.0 Å². The molecule has 0 bridgehead atoms. The Morgan fingerprint density at radius 3 is 2.86 bits per heavy atom. The van der Waals surface area contributed by atoms with Crippen molar-refractivity contribution in [1.82, 2.24) is 10.3 Å². The minimum atomic E-state index is -1.02. The Hall–Kier alpha value is -2.72. The van der Waals surface area contributed by atoms with Gasteiger partial charge in [-0.1, -0.05) is 6.07 Å². The lowest BCUT2D eigenvalue weighted by Gasteiger charge is -2.03. The fourth-order valence-corrected chi connectivity index (χ4v) is 2.56. The second-order valence-electron chi connectivity index (χ2n) is 4.20. The summed E-state index contributed by atoms with van der Waals surface area (Å²) in [4.78, 5) is 27.1. The summed E-state index contributed by atoms with van der Waals surface area (Å²) < 4.78 is 0. The van der Waals surface area contributed by atoms with Crippen LogP contribution in [0.3, 0.4) is 0 Å². The lowest BCUT2D eigenvalue weighted by Crippen LogP contribution is -2.22. The average Bonchev–Trinajstić information content (AvgIpc) is 2.86. The highest BCUT2D eigenvalue weighted by atomic mass is 32.1. The zero-order valence-corrected chi connectivity index (χ0v) is 11.9. The lowest BCUT2D eigenvalue weighted by molar-refractivity contribution is 0.0701.